The maximum absolute atomic E-state index is 10.4. The van der Waals surface area contributed by atoms with Crippen LogP contribution in [0.5, 0.6) is 5.75 Å². The average molecular weight is 232 g/mol. The van der Waals surface area contributed by atoms with Crippen molar-refractivity contribution in [1.29, 1.82) is 0 Å². The molecule has 1 N–H and O–H groups in total. The minimum Gasteiger partial charge on any atom is -0.497 e. The molecule has 5 heteroatoms. The summed E-state index contributed by atoms with van der Waals surface area (Å²) in [5, 5.41) is 9.46. The molecule has 17 heavy (non-hydrogen) atoms. The van der Waals surface area contributed by atoms with Gasteiger partial charge in [-0.25, -0.2) is 9.97 Å². The summed E-state index contributed by atoms with van der Waals surface area (Å²) in [6.07, 6.45) is 2.07. The third kappa shape index (κ3) is 2.69. The topological polar surface area (TPSA) is 72.3 Å². The van der Waals surface area contributed by atoms with Crippen LogP contribution in [-0.2, 0) is 11.2 Å². The number of aromatic nitrogens is 2. The quantitative estimate of drug-likeness (QED) is 0.867. The predicted molar refractivity (Wildman–Crippen MR) is 62.0 cm³/mol. The number of fused-ring (bicyclic) bond motifs is 1. The van der Waals surface area contributed by atoms with Crippen LogP contribution in [0, 0.1) is 0 Å². The van der Waals surface area contributed by atoms with Gasteiger partial charge in [0.25, 0.3) is 0 Å². The van der Waals surface area contributed by atoms with Crippen molar-refractivity contribution in [2.24, 2.45) is 0 Å². The molecule has 2 rings (SSSR count). The molecular weight excluding hydrogens is 220 g/mol. The molecular formula is C12H12N2O3. The van der Waals surface area contributed by atoms with E-state index in [0.29, 0.717) is 12.2 Å². The third-order valence-electron chi connectivity index (χ3n) is 2.40. The van der Waals surface area contributed by atoms with Crippen LogP contribution < -0.4 is 4.74 Å². The minimum atomic E-state index is -0.844. The van der Waals surface area contributed by atoms with Crippen molar-refractivity contribution in [2.75, 3.05) is 7.11 Å². The van der Waals surface area contributed by atoms with Crippen LogP contribution in [-0.4, -0.2) is 28.2 Å². The van der Waals surface area contributed by atoms with E-state index in [0.717, 1.165) is 16.7 Å². The van der Waals surface area contributed by atoms with Crippen LogP contribution in [0.15, 0.2) is 24.4 Å². The lowest BCUT2D eigenvalue weighted by Crippen LogP contribution is -2.01. The van der Waals surface area contributed by atoms with Crippen LogP contribution in [0.2, 0.25) is 0 Å². The van der Waals surface area contributed by atoms with Crippen LogP contribution >= 0.6 is 0 Å². The maximum atomic E-state index is 10.4. The summed E-state index contributed by atoms with van der Waals surface area (Å²) in [5.74, 6) is 0.452. The number of methoxy groups -OCH3 is 1. The number of rotatable bonds is 4. The van der Waals surface area contributed by atoms with Crippen molar-refractivity contribution in [2.45, 2.75) is 12.8 Å². The Kier molecular flexibility index (Phi) is 3.18. The van der Waals surface area contributed by atoms with E-state index in [1.807, 2.05) is 18.2 Å². The fourth-order valence-corrected chi connectivity index (χ4v) is 1.52. The second-order valence-corrected chi connectivity index (χ2v) is 3.60. The summed E-state index contributed by atoms with van der Waals surface area (Å²) in [4.78, 5) is 18.9. The van der Waals surface area contributed by atoms with Crippen LogP contribution in [0.4, 0.5) is 0 Å². The van der Waals surface area contributed by atoms with Gasteiger partial charge >= 0.3 is 5.97 Å². The molecule has 0 bridgehead atoms. The number of aryl methyl sites for hydroxylation is 1. The summed E-state index contributed by atoms with van der Waals surface area (Å²) in [6, 6.07) is 5.49. The van der Waals surface area contributed by atoms with E-state index in [9.17, 15) is 4.79 Å². The van der Waals surface area contributed by atoms with Crippen molar-refractivity contribution < 1.29 is 14.6 Å². The Labute approximate surface area is 98.1 Å². The van der Waals surface area contributed by atoms with Gasteiger partial charge in [-0.15, -0.1) is 0 Å². The Hall–Kier alpha value is -2.17. The summed E-state index contributed by atoms with van der Waals surface area (Å²) < 4.78 is 5.10. The van der Waals surface area contributed by atoms with E-state index in [-0.39, 0.29) is 6.42 Å². The van der Waals surface area contributed by atoms with Gasteiger partial charge in [-0.2, -0.15) is 0 Å². The molecule has 0 fully saturated rings. The summed E-state index contributed by atoms with van der Waals surface area (Å²) in [5.41, 5.74) is 0.793. The van der Waals surface area contributed by atoms with Crippen LogP contribution in [0.1, 0.15) is 12.2 Å². The van der Waals surface area contributed by atoms with Crippen LogP contribution in [0.3, 0.4) is 0 Å². The molecule has 1 aromatic carbocycles. The summed E-state index contributed by atoms with van der Waals surface area (Å²) in [6.45, 7) is 0. The molecule has 0 aliphatic carbocycles. The first-order valence-corrected chi connectivity index (χ1v) is 5.20. The molecule has 1 aromatic heterocycles. The molecule has 0 saturated carbocycles. The number of ether oxygens (including phenoxy) is 1. The Morgan fingerprint density at radius 2 is 2.29 bits per heavy atom. The van der Waals surface area contributed by atoms with Crippen molar-refractivity contribution in [3.63, 3.8) is 0 Å². The molecule has 0 atom stereocenters. The van der Waals surface area contributed by atoms with E-state index < -0.39 is 5.97 Å². The number of benzene rings is 1. The molecule has 0 aliphatic heterocycles. The first kappa shape index (κ1) is 11.3. The van der Waals surface area contributed by atoms with Crippen molar-refractivity contribution in [3.8, 4) is 5.75 Å². The van der Waals surface area contributed by atoms with Crippen molar-refractivity contribution in [3.05, 3.63) is 30.2 Å². The first-order chi connectivity index (χ1) is 8.19. The zero-order valence-corrected chi connectivity index (χ0v) is 9.38. The largest absolute Gasteiger partial charge is 0.497 e. The van der Waals surface area contributed by atoms with Gasteiger partial charge in [-0.05, 0) is 18.2 Å². The van der Waals surface area contributed by atoms with E-state index in [1.165, 1.54) is 0 Å². The Balaban J connectivity index is 2.28. The number of hydrogen-bond acceptors (Lipinski definition) is 4. The van der Waals surface area contributed by atoms with E-state index >= 15 is 0 Å². The van der Waals surface area contributed by atoms with E-state index in [2.05, 4.69) is 9.97 Å². The highest BCUT2D eigenvalue weighted by Gasteiger charge is 2.04. The molecule has 1 heterocycles. The fraction of sp³-hybridized carbons (Fsp3) is 0.250. The number of carboxylic acid groups (broad SMARTS) is 1. The molecule has 5 nitrogen and oxygen atoms in total. The van der Waals surface area contributed by atoms with Gasteiger partial charge in [0.1, 0.15) is 11.6 Å². The lowest BCUT2D eigenvalue weighted by molar-refractivity contribution is -0.137. The number of nitrogens with zero attached hydrogens (tertiary/aromatic N) is 2. The highest BCUT2D eigenvalue weighted by Crippen LogP contribution is 2.18. The van der Waals surface area contributed by atoms with Gasteiger partial charge in [0.15, 0.2) is 0 Å². The number of carbonyl (C=O) groups is 1. The molecule has 0 saturated heterocycles. The lowest BCUT2D eigenvalue weighted by Gasteiger charge is -2.03. The second-order valence-electron chi connectivity index (χ2n) is 3.60. The van der Waals surface area contributed by atoms with Gasteiger partial charge in [-0.3, -0.25) is 4.79 Å². The van der Waals surface area contributed by atoms with Crippen molar-refractivity contribution >= 4 is 16.9 Å². The maximum Gasteiger partial charge on any atom is 0.303 e. The molecule has 0 amide bonds. The first-order valence-electron chi connectivity index (χ1n) is 5.20. The number of carboxylic acids is 1. The van der Waals surface area contributed by atoms with Gasteiger partial charge in [-0.1, -0.05) is 0 Å². The molecule has 2 aromatic rings. The Bertz CT molecular complexity index is 554. The summed E-state index contributed by atoms with van der Waals surface area (Å²) >= 11 is 0. The van der Waals surface area contributed by atoms with E-state index in [4.69, 9.17) is 9.84 Å². The molecule has 88 valence electrons. The Morgan fingerprint density at radius 1 is 1.47 bits per heavy atom. The normalized spacial score (nSPS) is 10.4. The zero-order valence-electron chi connectivity index (χ0n) is 9.38. The summed E-state index contributed by atoms with van der Waals surface area (Å²) in [7, 11) is 1.60. The average Bonchev–Trinajstić information content (AvgIpc) is 2.35. The smallest absolute Gasteiger partial charge is 0.303 e. The SMILES string of the molecule is COc1ccc2nc(CCC(=O)O)ncc2c1. The molecule has 0 unspecified atom stereocenters. The molecule has 0 aliphatic rings. The monoisotopic (exact) mass is 232 g/mol. The number of hydrogen-bond donors (Lipinski definition) is 1. The van der Waals surface area contributed by atoms with Gasteiger partial charge in [0.2, 0.25) is 0 Å². The third-order valence-corrected chi connectivity index (χ3v) is 2.40. The standard InChI is InChI=1S/C12H12N2O3/c1-17-9-2-3-10-8(6-9)7-13-11(14-10)4-5-12(15)16/h2-3,6-7H,4-5H2,1H3,(H,15,16). The molecule has 0 radical (unpaired) electrons. The predicted octanol–water partition coefficient (Wildman–Crippen LogP) is 1.66. The van der Waals surface area contributed by atoms with Crippen LogP contribution in [0.25, 0.3) is 10.9 Å². The zero-order chi connectivity index (χ0) is 12.3. The van der Waals surface area contributed by atoms with Gasteiger partial charge < -0.3 is 9.84 Å². The van der Waals surface area contributed by atoms with E-state index in [1.54, 1.807) is 13.3 Å². The van der Waals surface area contributed by atoms with Gasteiger partial charge in [0, 0.05) is 18.0 Å². The highest BCUT2D eigenvalue weighted by atomic mass is 16.5. The fourth-order valence-electron chi connectivity index (χ4n) is 1.52. The Morgan fingerprint density at radius 3 is 3.00 bits per heavy atom. The second kappa shape index (κ2) is 4.78. The highest BCUT2D eigenvalue weighted by molar-refractivity contribution is 5.79. The molecule has 0 spiro atoms. The number of aliphatic carboxylic acids is 1. The van der Waals surface area contributed by atoms with Gasteiger partial charge in [0.05, 0.1) is 19.0 Å². The van der Waals surface area contributed by atoms with Crippen molar-refractivity contribution in [1.82, 2.24) is 9.97 Å². The minimum absolute atomic E-state index is 0.0433. The lowest BCUT2D eigenvalue weighted by atomic mass is 10.2.